The molecule has 0 aliphatic carbocycles. The van der Waals surface area contributed by atoms with Crippen molar-refractivity contribution in [2.75, 3.05) is 18.0 Å². The van der Waals surface area contributed by atoms with E-state index in [4.69, 9.17) is 0 Å². The van der Waals surface area contributed by atoms with Crippen LogP contribution < -0.4 is 15.9 Å². The van der Waals surface area contributed by atoms with Gasteiger partial charge in [0.2, 0.25) is 0 Å². The molecule has 2 N–H and O–H groups in total. The van der Waals surface area contributed by atoms with Crippen LogP contribution in [0.3, 0.4) is 0 Å². The van der Waals surface area contributed by atoms with Crippen molar-refractivity contribution in [1.29, 1.82) is 0 Å². The van der Waals surface area contributed by atoms with Gasteiger partial charge in [0.05, 0.1) is 0 Å². The minimum atomic E-state index is -0.242. The van der Waals surface area contributed by atoms with Crippen LogP contribution in [0.25, 0.3) is 5.65 Å². The van der Waals surface area contributed by atoms with Crippen molar-refractivity contribution in [2.45, 2.75) is 32.9 Å². The number of fused-ring (bicyclic) bond motifs is 1. The molecular formula is C12H18N6O. The highest BCUT2D eigenvalue weighted by Crippen LogP contribution is 2.18. The summed E-state index contributed by atoms with van der Waals surface area (Å²) in [6.07, 6.45) is 0. The molecule has 2 atom stereocenters. The predicted octanol–water partition coefficient (Wildman–Crippen LogP) is -0.0874. The van der Waals surface area contributed by atoms with Crippen molar-refractivity contribution in [1.82, 2.24) is 24.9 Å². The second kappa shape index (κ2) is 4.34. The molecule has 1 aliphatic heterocycles. The molecule has 7 heteroatoms. The number of nitrogens with one attached hydrogen (secondary N) is 2. The number of piperazine rings is 1. The quantitative estimate of drug-likeness (QED) is 0.751. The van der Waals surface area contributed by atoms with Crippen LogP contribution in [0.1, 0.15) is 19.7 Å². The van der Waals surface area contributed by atoms with E-state index in [0.717, 1.165) is 18.9 Å². The number of aromatic nitrogens is 4. The van der Waals surface area contributed by atoms with E-state index in [9.17, 15) is 4.79 Å². The summed E-state index contributed by atoms with van der Waals surface area (Å²) in [6.45, 7) is 7.97. The second-order valence-corrected chi connectivity index (χ2v) is 5.19. The summed E-state index contributed by atoms with van der Waals surface area (Å²) in [5.74, 6) is 1.54. The van der Waals surface area contributed by atoms with Gasteiger partial charge in [-0.25, -0.2) is 19.3 Å². The van der Waals surface area contributed by atoms with Gasteiger partial charge in [0.25, 0.3) is 0 Å². The maximum absolute atomic E-state index is 11.6. The fraction of sp³-hybridized carbons (Fsp3) is 0.583. The molecule has 0 saturated carbocycles. The molecule has 0 amide bonds. The Morgan fingerprint density at radius 3 is 3.00 bits per heavy atom. The molecule has 0 bridgehead atoms. The van der Waals surface area contributed by atoms with E-state index < -0.39 is 0 Å². The van der Waals surface area contributed by atoms with E-state index in [1.165, 1.54) is 4.40 Å². The molecule has 1 saturated heterocycles. The monoisotopic (exact) mass is 262 g/mol. The van der Waals surface area contributed by atoms with Crippen molar-refractivity contribution >= 4 is 11.5 Å². The lowest BCUT2D eigenvalue weighted by atomic mass is 10.1. The Morgan fingerprint density at radius 2 is 2.21 bits per heavy atom. The van der Waals surface area contributed by atoms with E-state index in [1.54, 1.807) is 0 Å². The Bertz CT molecular complexity index is 660. The van der Waals surface area contributed by atoms with Crippen LogP contribution in [0.4, 0.5) is 5.82 Å². The lowest BCUT2D eigenvalue weighted by molar-refractivity contribution is 0.422. The predicted molar refractivity (Wildman–Crippen MR) is 72.6 cm³/mol. The van der Waals surface area contributed by atoms with Gasteiger partial charge in [-0.05, 0) is 20.8 Å². The number of nitrogens with zero attached hydrogens (tertiary/aromatic N) is 4. The highest BCUT2D eigenvalue weighted by molar-refractivity contribution is 5.52. The normalized spacial score (nSPS) is 24.1. The number of anilines is 1. The Kier molecular flexibility index (Phi) is 2.78. The summed E-state index contributed by atoms with van der Waals surface area (Å²) < 4.78 is 1.49. The zero-order valence-corrected chi connectivity index (χ0v) is 11.3. The van der Waals surface area contributed by atoms with E-state index in [2.05, 4.69) is 39.2 Å². The maximum Gasteiger partial charge on any atom is 0.349 e. The minimum absolute atomic E-state index is 0.242. The molecule has 2 aromatic heterocycles. The average molecular weight is 262 g/mol. The lowest BCUT2D eigenvalue weighted by Crippen LogP contribution is -2.54. The van der Waals surface area contributed by atoms with Crippen LogP contribution in [0.15, 0.2) is 10.9 Å². The molecule has 3 heterocycles. The van der Waals surface area contributed by atoms with Crippen molar-refractivity contribution in [2.24, 2.45) is 0 Å². The third-order valence-corrected chi connectivity index (χ3v) is 3.62. The Hall–Kier alpha value is -1.89. The van der Waals surface area contributed by atoms with Crippen LogP contribution in [0.5, 0.6) is 0 Å². The highest BCUT2D eigenvalue weighted by atomic mass is 16.1. The van der Waals surface area contributed by atoms with Crippen LogP contribution in [-0.2, 0) is 0 Å². The molecule has 0 aromatic carbocycles. The van der Waals surface area contributed by atoms with Gasteiger partial charge in [0, 0.05) is 31.2 Å². The molecule has 1 aliphatic rings. The third-order valence-electron chi connectivity index (χ3n) is 3.62. The zero-order chi connectivity index (χ0) is 13.6. The van der Waals surface area contributed by atoms with Crippen LogP contribution >= 0.6 is 0 Å². The molecule has 19 heavy (non-hydrogen) atoms. The molecule has 102 valence electrons. The topological polar surface area (TPSA) is 78.3 Å². The van der Waals surface area contributed by atoms with Gasteiger partial charge in [0.15, 0.2) is 5.65 Å². The molecule has 2 aromatic rings. The number of aromatic amines is 1. The minimum Gasteiger partial charge on any atom is -0.351 e. The largest absolute Gasteiger partial charge is 0.351 e. The number of hydrogen-bond donors (Lipinski definition) is 2. The zero-order valence-electron chi connectivity index (χ0n) is 11.3. The van der Waals surface area contributed by atoms with Crippen molar-refractivity contribution < 1.29 is 0 Å². The molecular weight excluding hydrogens is 244 g/mol. The van der Waals surface area contributed by atoms with Crippen molar-refractivity contribution in [3.8, 4) is 0 Å². The molecule has 1 fully saturated rings. The first-order chi connectivity index (χ1) is 9.06. The van der Waals surface area contributed by atoms with Gasteiger partial charge < -0.3 is 10.2 Å². The Morgan fingerprint density at radius 1 is 1.42 bits per heavy atom. The summed E-state index contributed by atoms with van der Waals surface area (Å²) in [5, 5.41) is 9.92. The van der Waals surface area contributed by atoms with Crippen LogP contribution in [0, 0.1) is 6.92 Å². The van der Waals surface area contributed by atoms with E-state index in [0.29, 0.717) is 23.6 Å². The summed E-state index contributed by atoms with van der Waals surface area (Å²) in [5.41, 5.74) is 0.374. The van der Waals surface area contributed by atoms with Crippen molar-refractivity contribution in [3.63, 3.8) is 0 Å². The number of aryl methyl sites for hydroxylation is 1. The number of rotatable bonds is 1. The SMILES string of the molecule is Cc1nc(N2CC(C)NCC2C)cc2n[nH]c(=O)n12. The van der Waals surface area contributed by atoms with E-state index in [1.807, 2.05) is 13.0 Å². The van der Waals surface area contributed by atoms with Crippen LogP contribution in [0.2, 0.25) is 0 Å². The second-order valence-electron chi connectivity index (χ2n) is 5.19. The average Bonchev–Trinajstić information content (AvgIpc) is 2.74. The summed E-state index contributed by atoms with van der Waals surface area (Å²) in [4.78, 5) is 18.4. The highest BCUT2D eigenvalue weighted by Gasteiger charge is 2.24. The van der Waals surface area contributed by atoms with Gasteiger partial charge >= 0.3 is 5.69 Å². The first kappa shape index (κ1) is 12.2. The Balaban J connectivity index is 2.07. The fourth-order valence-corrected chi connectivity index (χ4v) is 2.57. The standard InChI is InChI=1S/C12H18N6O/c1-7-6-17(8(2)5-13-7)10-4-11-15-16-12(19)18(11)9(3)14-10/h4,7-8,13H,5-6H2,1-3H3,(H,16,19). The molecule has 0 radical (unpaired) electrons. The first-order valence-corrected chi connectivity index (χ1v) is 6.51. The van der Waals surface area contributed by atoms with Gasteiger partial charge in [-0.15, -0.1) is 0 Å². The fourth-order valence-electron chi connectivity index (χ4n) is 2.57. The number of hydrogen-bond acceptors (Lipinski definition) is 5. The maximum atomic E-state index is 11.6. The van der Waals surface area contributed by atoms with E-state index in [-0.39, 0.29) is 5.69 Å². The summed E-state index contributed by atoms with van der Waals surface area (Å²) in [7, 11) is 0. The molecule has 3 rings (SSSR count). The van der Waals surface area contributed by atoms with Crippen molar-refractivity contribution in [3.05, 3.63) is 22.4 Å². The summed E-state index contributed by atoms with van der Waals surface area (Å²) >= 11 is 0. The Labute approximate surface area is 110 Å². The van der Waals surface area contributed by atoms with Gasteiger partial charge in [0.1, 0.15) is 11.6 Å². The number of H-pyrrole nitrogens is 1. The summed E-state index contributed by atoms with van der Waals surface area (Å²) in [6, 6.07) is 2.66. The lowest BCUT2D eigenvalue weighted by Gasteiger charge is -2.38. The molecule has 0 spiro atoms. The van der Waals surface area contributed by atoms with Gasteiger partial charge in [-0.3, -0.25) is 0 Å². The van der Waals surface area contributed by atoms with E-state index >= 15 is 0 Å². The molecule has 2 unspecified atom stereocenters. The van der Waals surface area contributed by atoms with Gasteiger partial charge in [-0.2, -0.15) is 5.10 Å². The smallest absolute Gasteiger partial charge is 0.349 e. The first-order valence-electron chi connectivity index (χ1n) is 6.51. The third kappa shape index (κ3) is 1.99. The van der Waals surface area contributed by atoms with Gasteiger partial charge in [-0.1, -0.05) is 0 Å². The molecule has 7 nitrogen and oxygen atoms in total. The van der Waals surface area contributed by atoms with Crippen LogP contribution in [-0.4, -0.2) is 44.8 Å².